The van der Waals surface area contributed by atoms with Crippen LogP contribution in [0.1, 0.15) is 57.9 Å². The van der Waals surface area contributed by atoms with E-state index in [1.165, 1.54) is 0 Å². The third-order valence-electron chi connectivity index (χ3n) is 8.61. The molecule has 2 atom stereocenters. The normalized spacial score (nSPS) is 28.8. The lowest BCUT2D eigenvalue weighted by atomic mass is 9.86. The highest BCUT2D eigenvalue weighted by Crippen LogP contribution is 2.42. The van der Waals surface area contributed by atoms with Crippen LogP contribution in [-0.2, 0) is 25.5 Å². The van der Waals surface area contributed by atoms with Crippen LogP contribution in [0.4, 0.5) is 22.9 Å². The molecule has 4 aliphatic rings. The molecule has 6 rings (SSSR count). The highest BCUT2D eigenvalue weighted by atomic mass is 16.5. The van der Waals surface area contributed by atoms with E-state index in [1.807, 2.05) is 18.1 Å². The fourth-order valence-electron chi connectivity index (χ4n) is 6.80. The molecule has 1 N–H and O–H groups in total. The van der Waals surface area contributed by atoms with E-state index < -0.39 is 0 Å². The molecule has 2 saturated heterocycles. The first-order valence-corrected chi connectivity index (χ1v) is 14.2. The fraction of sp³-hybridized carbons (Fsp3) is 0.600. The van der Waals surface area contributed by atoms with Crippen molar-refractivity contribution >= 4 is 28.8 Å². The summed E-state index contributed by atoms with van der Waals surface area (Å²) in [7, 11) is 1.81. The molecule has 3 fully saturated rings. The van der Waals surface area contributed by atoms with Gasteiger partial charge in [-0.15, -0.1) is 0 Å². The van der Waals surface area contributed by atoms with Gasteiger partial charge in [0.1, 0.15) is 5.82 Å². The van der Waals surface area contributed by atoms with Crippen LogP contribution in [0, 0.1) is 5.92 Å². The second kappa shape index (κ2) is 10.8. The molecule has 1 aromatic carbocycles. The molecule has 8 heteroatoms. The number of benzene rings is 1. The van der Waals surface area contributed by atoms with Crippen molar-refractivity contribution in [1.82, 2.24) is 4.98 Å². The van der Waals surface area contributed by atoms with Crippen molar-refractivity contribution in [2.75, 3.05) is 35.4 Å². The summed E-state index contributed by atoms with van der Waals surface area (Å²) in [6.45, 7) is 6.07. The number of nitrogens with zero attached hydrogens (tertiary/aromatic N) is 3. The van der Waals surface area contributed by atoms with Gasteiger partial charge in [0.15, 0.2) is 0 Å². The van der Waals surface area contributed by atoms with Gasteiger partial charge < -0.3 is 29.3 Å². The number of amides is 1. The van der Waals surface area contributed by atoms with Gasteiger partial charge in [-0.2, -0.15) is 0 Å². The second-order valence-corrected chi connectivity index (χ2v) is 11.5. The molecule has 1 saturated carbocycles. The molecule has 2 aromatic rings. The summed E-state index contributed by atoms with van der Waals surface area (Å²) < 4.78 is 17.7. The molecule has 3 aliphatic heterocycles. The monoisotopic (exact) mass is 520 g/mol. The second-order valence-electron chi connectivity index (χ2n) is 11.5. The summed E-state index contributed by atoms with van der Waals surface area (Å²) in [5, 5.41) is 3.53. The standard InChI is InChI=1S/C30H40N4O4/c1-19(2)38-25-9-6-20(7-10-25)30(35)33-16-21-5-4-12-31-29(21)32-27-11-8-22(15-28(27)33)34-23-13-26(36-3)14-24(34)18-37-17-23/h4-5,8,11-12,15,19-20,23-26H,6-7,9-10,13-14,16-18H2,1-3H3,(H,31,32). The van der Waals surface area contributed by atoms with Crippen molar-refractivity contribution in [2.24, 2.45) is 5.92 Å². The summed E-state index contributed by atoms with van der Waals surface area (Å²) >= 11 is 0. The number of ether oxygens (including phenoxy) is 3. The van der Waals surface area contributed by atoms with E-state index >= 15 is 0 Å². The highest BCUT2D eigenvalue weighted by molar-refractivity contribution is 6.00. The Morgan fingerprint density at radius 1 is 1.08 bits per heavy atom. The maximum atomic E-state index is 14.2. The molecule has 0 radical (unpaired) electrons. The zero-order chi connectivity index (χ0) is 26.2. The van der Waals surface area contributed by atoms with Crippen LogP contribution in [0.3, 0.4) is 0 Å². The topological polar surface area (TPSA) is 76.2 Å². The Hall–Kier alpha value is -2.68. The molecule has 38 heavy (non-hydrogen) atoms. The number of pyridine rings is 1. The van der Waals surface area contributed by atoms with Crippen molar-refractivity contribution in [3.8, 4) is 0 Å². The number of fused-ring (bicyclic) bond motifs is 4. The third kappa shape index (κ3) is 5.01. The zero-order valence-electron chi connectivity index (χ0n) is 22.8. The number of carbonyl (C=O) groups excluding carboxylic acids is 1. The van der Waals surface area contributed by atoms with Crippen molar-refractivity contribution in [1.29, 1.82) is 0 Å². The van der Waals surface area contributed by atoms with Crippen LogP contribution in [0.25, 0.3) is 0 Å². The molecule has 2 unspecified atom stereocenters. The number of aromatic nitrogens is 1. The average molecular weight is 521 g/mol. The smallest absolute Gasteiger partial charge is 0.230 e. The third-order valence-corrected chi connectivity index (χ3v) is 8.61. The number of rotatable bonds is 5. The molecule has 0 spiro atoms. The van der Waals surface area contributed by atoms with E-state index in [9.17, 15) is 4.79 Å². The van der Waals surface area contributed by atoms with Crippen LogP contribution in [-0.4, -0.2) is 61.6 Å². The van der Waals surface area contributed by atoms with Gasteiger partial charge in [0.25, 0.3) is 0 Å². The van der Waals surface area contributed by atoms with Gasteiger partial charge in [-0.1, -0.05) is 6.07 Å². The van der Waals surface area contributed by atoms with Crippen molar-refractivity contribution in [3.63, 3.8) is 0 Å². The molecule has 8 nitrogen and oxygen atoms in total. The first-order valence-electron chi connectivity index (χ1n) is 14.2. The molecule has 4 heterocycles. The average Bonchev–Trinajstić information content (AvgIpc) is 3.08. The Balaban J connectivity index is 1.31. The van der Waals surface area contributed by atoms with Gasteiger partial charge in [0.2, 0.25) is 5.91 Å². The van der Waals surface area contributed by atoms with E-state index in [1.54, 1.807) is 6.20 Å². The minimum atomic E-state index is 0.00182. The van der Waals surface area contributed by atoms with E-state index in [2.05, 4.69) is 53.3 Å². The molecular weight excluding hydrogens is 480 g/mol. The Bertz CT molecular complexity index is 1130. The Morgan fingerprint density at radius 3 is 2.55 bits per heavy atom. The quantitative estimate of drug-likeness (QED) is 0.592. The van der Waals surface area contributed by atoms with Crippen LogP contribution in [0.2, 0.25) is 0 Å². The maximum Gasteiger partial charge on any atom is 0.230 e. The Kier molecular flexibility index (Phi) is 7.29. The van der Waals surface area contributed by atoms with E-state index in [-0.39, 0.29) is 42.2 Å². The first kappa shape index (κ1) is 25.6. The largest absolute Gasteiger partial charge is 0.381 e. The predicted octanol–water partition coefficient (Wildman–Crippen LogP) is 5.04. The number of methoxy groups -OCH3 is 1. The van der Waals surface area contributed by atoms with Crippen molar-refractivity contribution in [3.05, 3.63) is 42.1 Å². The van der Waals surface area contributed by atoms with Gasteiger partial charge in [-0.05, 0) is 76.6 Å². The van der Waals surface area contributed by atoms with Crippen LogP contribution < -0.4 is 15.1 Å². The molecule has 204 valence electrons. The summed E-state index contributed by atoms with van der Waals surface area (Å²) in [5.41, 5.74) is 4.02. The zero-order valence-corrected chi connectivity index (χ0v) is 22.8. The number of nitrogens with one attached hydrogen (secondary N) is 1. The van der Waals surface area contributed by atoms with Gasteiger partial charge in [0.05, 0.1) is 61.5 Å². The number of hydrogen-bond acceptors (Lipinski definition) is 7. The number of morpholine rings is 1. The molecule has 2 bridgehead atoms. The SMILES string of the molecule is COC1CC2COCC(C1)N2c1ccc2c(c1)N(C(=O)C1CCC(OC(C)C)CC1)Cc1cccnc1N2. The minimum absolute atomic E-state index is 0.00182. The predicted molar refractivity (Wildman–Crippen MR) is 148 cm³/mol. The maximum absolute atomic E-state index is 14.2. The van der Waals surface area contributed by atoms with E-state index in [0.29, 0.717) is 19.8 Å². The number of carbonyl (C=O) groups is 1. The first-order chi connectivity index (χ1) is 18.5. The van der Waals surface area contributed by atoms with Crippen LogP contribution in [0.5, 0.6) is 0 Å². The lowest BCUT2D eigenvalue weighted by molar-refractivity contribution is -0.124. The van der Waals surface area contributed by atoms with Gasteiger partial charge in [-0.3, -0.25) is 4.79 Å². The molecule has 1 aromatic heterocycles. The van der Waals surface area contributed by atoms with Crippen molar-refractivity contribution < 1.29 is 19.0 Å². The molecule has 1 amide bonds. The van der Waals surface area contributed by atoms with Gasteiger partial charge >= 0.3 is 0 Å². The Morgan fingerprint density at radius 2 is 1.84 bits per heavy atom. The highest BCUT2D eigenvalue weighted by Gasteiger charge is 2.40. The fourth-order valence-corrected chi connectivity index (χ4v) is 6.80. The summed E-state index contributed by atoms with van der Waals surface area (Å²) in [6.07, 6.45) is 8.02. The lowest BCUT2D eigenvalue weighted by Crippen LogP contribution is -2.58. The number of anilines is 4. The van der Waals surface area contributed by atoms with Crippen LogP contribution in [0.15, 0.2) is 36.5 Å². The van der Waals surface area contributed by atoms with E-state index in [4.69, 9.17) is 14.2 Å². The number of hydrogen-bond donors (Lipinski definition) is 1. The summed E-state index contributed by atoms with van der Waals surface area (Å²) in [6, 6.07) is 11.0. The van der Waals surface area contributed by atoms with Gasteiger partial charge in [-0.25, -0.2) is 4.98 Å². The minimum Gasteiger partial charge on any atom is -0.381 e. The van der Waals surface area contributed by atoms with E-state index in [0.717, 1.165) is 67.0 Å². The lowest BCUT2D eigenvalue weighted by Gasteiger charge is -2.49. The van der Waals surface area contributed by atoms with Crippen molar-refractivity contribution in [2.45, 2.75) is 89.3 Å². The molecule has 1 aliphatic carbocycles. The van der Waals surface area contributed by atoms with Gasteiger partial charge in [0, 0.05) is 30.5 Å². The molecular formula is C30H40N4O4. The van der Waals surface area contributed by atoms with Crippen LogP contribution >= 0.6 is 0 Å². The summed E-state index contributed by atoms with van der Waals surface area (Å²) in [5.74, 6) is 1.02. The number of piperidine rings is 1. The Labute approximate surface area is 225 Å². The summed E-state index contributed by atoms with van der Waals surface area (Å²) in [4.78, 5) is 23.3.